The zero-order chi connectivity index (χ0) is 13.2. The van der Waals surface area contributed by atoms with Crippen LogP contribution in [0.5, 0.6) is 5.75 Å². The first-order valence-electron chi connectivity index (χ1n) is 6.42. The van der Waals surface area contributed by atoms with Crippen LogP contribution in [0.3, 0.4) is 0 Å². The third-order valence-electron chi connectivity index (χ3n) is 3.60. The van der Waals surface area contributed by atoms with Crippen LogP contribution in [-0.2, 0) is 0 Å². The summed E-state index contributed by atoms with van der Waals surface area (Å²) in [6.07, 6.45) is 2.78. The Bertz CT molecular complexity index is 470. The van der Waals surface area contributed by atoms with Crippen LogP contribution in [0.25, 0.3) is 0 Å². The summed E-state index contributed by atoms with van der Waals surface area (Å²) in [5, 5.41) is 8.79. The summed E-state index contributed by atoms with van der Waals surface area (Å²) in [7, 11) is 0. The van der Waals surface area contributed by atoms with E-state index in [2.05, 4.69) is 12.1 Å². The fourth-order valence-corrected chi connectivity index (χ4v) is 2.10. The van der Waals surface area contributed by atoms with E-state index >= 15 is 0 Å². The van der Waals surface area contributed by atoms with Gasteiger partial charge in [-0.3, -0.25) is 0 Å². The SMILES string of the molecule is Cc1ccc(OCC2(CC#N)CC2)c(C(C)N)c1. The van der Waals surface area contributed by atoms with E-state index in [0.29, 0.717) is 13.0 Å². The first-order chi connectivity index (χ1) is 8.56. The summed E-state index contributed by atoms with van der Waals surface area (Å²) in [4.78, 5) is 0. The molecule has 1 atom stereocenters. The Morgan fingerprint density at radius 2 is 2.22 bits per heavy atom. The maximum Gasteiger partial charge on any atom is 0.124 e. The predicted octanol–water partition coefficient (Wildman–Crippen LogP) is 3.09. The highest BCUT2D eigenvalue weighted by Crippen LogP contribution is 2.48. The minimum Gasteiger partial charge on any atom is -0.493 e. The van der Waals surface area contributed by atoms with Crippen molar-refractivity contribution in [3.05, 3.63) is 29.3 Å². The van der Waals surface area contributed by atoms with Crippen LogP contribution >= 0.6 is 0 Å². The molecule has 0 amide bonds. The van der Waals surface area contributed by atoms with E-state index in [1.54, 1.807) is 0 Å². The predicted molar refractivity (Wildman–Crippen MR) is 71.2 cm³/mol. The van der Waals surface area contributed by atoms with Crippen molar-refractivity contribution in [3.63, 3.8) is 0 Å². The van der Waals surface area contributed by atoms with Gasteiger partial charge in [0.05, 0.1) is 12.7 Å². The van der Waals surface area contributed by atoms with Crippen molar-refractivity contribution in [3.8, 4) is 11.8 Å². The number of nitriles is 1. The van der Waals surface area contributed by atoms with Crippen LogP contribution < -0.4 is 10.5 Å². The molecule has 1 aliphatic rings. The minimum atomic E-state index is -0.0361. The molecule has 96 valence electrons. The van der Waals surface area contributed by atoms with Crippen molar-refractivity contribution >= 4 is 0 Å². The van der Waals surface area contributed by atoms with Gasteiger partial charge in [0.25, 0.3) is 0 Å². The number of nitrogens with two attached hydrogens (primary N) is 1. The van der Waals surface area contributed by atoms with Crippen LogP contribution in [0.2, 0.25) is 0 Å². The molecule has 0 heterocycles. The molecule has 1 saturated carbocycles. The number of rotatable bonds is 5. The molecule has 0 saturated heterocycles. The lowest BCUT2D eigenvalue weighted by atomic mass is 10.0. The quantitative estimate of drug-likeness (QED) is 0.865. The molecule has 0 aliphatic heterocycles. The second-order valence-electron chi connectivity index (χ2n) is 5.45. The van der Waals surface area contributed by atoms with Gasteiger partial charge in [-0.1, -0.05) is 17.7 Å². The van der Waals surface area contributed by atoms with Crippen molar-refractivity contribution in [2.45, 2.75) is 39.2 Å². The molecule has 0 aromatic heterocycles. The Hall–Kier alpha value is -1.53. The van der Waals surface area contributed by atoms with Crippen molar-refractivity contribution in [1.29, 1.82) is 5.26 Å². The number of benzene rings is 1. The van der Waals surface area contributed by atoms with E-state index in [0.717, 1.165) is 24.2 Å². The van der Waals surface area contributed by atoms with Gasteiger partial charge >= 0.3 is 0 Å². The van der Waals surface area contributed by atoms with Crippen LogP contribution in [0.1, 0.15) is 43.4 Å². The van der Waals surface area contributed by atoms with Crippen molar-refractivity contribution in [2.75, 3.05) is 6.61 Å². The molecular formula is C15H20N2O. The normalized spacial score (nSPS) is 17.9. The highest BCUT2D eigenvalue weighted by molar-refractivity contribution is 5.38. The smallest absolute Gasteiger partial charge is 0.124 e. The van der Waals surface area contributed by atoms with Crippen molar-refractivity contribution < 1.29 is 4.74 Å². The second kappa shape index (κ2) is 4.99. The monoisotopic (exact) mass is 244 g/mol. The topological polar surface area (TPSA) is 59.0 Å². The highest BCUT2D eigenvalue weighted by atomic mass is 16.5. The van der Waals surface area contributed by atoms with Crippen molar-refractivity contribution in [2.24, 2.45) is 11.1 Å². The largest absolute Gasteiger partial charge is 0.493 e. The number of aryl methyl sites for hydroxylation is 1. The van der Waals surface area contributed by atoms with E-state index in [-0.39, 0.29) is 11.5 Å². The Morgan fingerprint density at radius 3 is 2.78 bits per heavy atom. The van der Waals surface area contributed by atoms with E-state index in [1.807, 2.05) is 26.0 Å². The summed E-state index contributed by atoms with van der Waals surface area (Å²) in [6, 6.07) is 8.30. The molecule has 1 aromatic carbocycles. The van der Waals surface area contributed by atoms with E-state index in [1.165, 1.54) is 5.56 Å². The van der Waals surface area contributed by atoms with Gasteiger partial charge in [-0.2, -0.15) is 5.26 Å². The average molecular weight is 244 g/mol. The van der Waals surface area contributed by atoms with E-state index in [9.17, 15) is 0 Å². The van der Waals surface area contributed by atoms with Gasteiger partial charge < -0.3 is 10.5 Å². The Balaban J connectivity index is 2.08. The fraction of sp³-hybridized carbons (Fsp3) is 0.533. The molecular weight excluding hydrogens is 224 g/mol. The lowest BCUT2D eigenvalue weighted by Gasteiger charge is -2.18. The summed E-state index contributed by atoms with van der Waals surface area (Å²) in [5.74, 6) is 0.861. The first kappa shape index (κ1) is 12.9. The molecule has 18 heavy (non-hydrogen) atoms. The maximum atomic E-state index is 8.79. The Morgan fingerprint density at radius 1 is 1.50 bits per heavy atom. The van der Waals surface area contributed by atoms with Gasteiger partial charge in [0.1, 0.15) is 5.75 Å². The molecule has 3 heteroatoms. The maximum absolute atomic E-state index is 8.79. The molecule has 0 bridgehead atoms. The lowest BCUT2D eigenvalue weighted by molar-refractivity contribution is 0.234. The third-order valence-corrected chi connectivity index (χ3v) is 3.60. The summed E-state index contributed by atoms with van der Waals surface area (Å²) < 4.78 is 5.90. The van der Waals surface area contributed by atoms with Gasteiger partial charge in [-0.05, 0) is 32.8 Å². The van der Waals surface area contributed by atoms with E-state index in [4.69, 9.17) is 15.7 Å². The summed E-state index contributed by atoms with van der Waals surface area (Å²) in [6.45, 7) is 4.64. The molecule has 1 aliphatic carbocycles. The number of hydrogen-bond donors (Lipinski definition) is 1. The molecule has 0 spiro atoms. The van der Waals surface area contributed by atoms with Crippen molar-refractivity contribution in [1.82, 2.24) is 0 Å². The molecule has 0 radical (unpaired) electrons. The third kappa shape index (κ3) is 2.83. The van der Waals surface area contributed by atoms with Crippen LogP contribution in [0.15, 0.2) is 18.2 Å². The molecule has 3 nitrogen and oxygen atoms in total. The molecule has 1 unspecified atom stereocenters. The standard InChI is InChI=1S/C15H20N2O/c1-11-3-4-14(13(9-11)12(2)17)18-10-15(5-6-15)7-8-16/h3-4,9,12H,5-7,10,17H2,1-2H3. The van der Waals surface area contributed by atoms with Gasteiger partial charge in [0.15, 0.2) is 0 Å². The molecule has 1 fully saturated rings. The van der Waals surface area contributed by atoms with E-state index < -0.39 is 0 Å². The van der Waals surface area contributed by atoms with Gasteiger partial charge in [-0.15, -0.1) is 0 Å². The van der Waals surface area contributed by atoms with Gasteiger partial charge in [-0.25, -0.2) is 0 Å². The fourth-order valence-electron chi connectivity index (χ4n) is 2.10. The van der Waals surface area contributed by atoms with Gasteiger partial charge in [0, 0.05) is 23.4 Å². The highest BCUT2D eigenvalue weighted by Gasteiger charge is 2.43. The molecule has 1 aromatic rings. The molecule has 2 rings (SSSR count). The van der Waals surface area contributed by atoms with Crippen LogP contribution in [0.4, 0.5) is 0 Å². The Kier molecular flexibility index (Phi) is 3.58. The average Bonchev–Trinajstić information content (AvgIpc) is 3.08. The molecule has 2 N–H and O–H groups in total. The zero-order valence-electron chi connectivity index (χ0n) is 11.1. The zero-order valence-corrected chi connectivity index (χ0v) is 11.1. The van der Waals surface area contributed by atoms with Crippen LogP contribution in [-0.4, -0.2) is 6.61 Å². The Labute approximate surface area is 109 Å². The summed E-state index contributed by atoms with van der Waals surface area (Å²) >= 11 is 0. The number of ether oxygens (including phenoxy) is 1. The van der Waals surface area contributed by atoms with Crippen LogP contribution in [0, 0.1) is 23.7 Å². The summed E-state index contributed by atoms with van der Waals surface area (Å²) in [5.41, 5.74) is 8.30. The minimum absolute atomic E-state index is 0.0361. The lowest BCUT2D eigenvalue weighted by Crippen LogP contribution is -2.15. The second-order valence-corrected chi connectivity index (χ2v) is 5.45. The first-order valence-corrected chi connectivity index (χ1v) is 6.42. The number of nitrogens with zero attached hydrogens (tertiary/aromatic N) is 1. The van der Waals surface area contributed by atoms with Gasteiger partial charge in [0.2, 0.25) is 0 Å². The number of hydrogen-bond acceptors (Lipinski definition) is 3.